The Kier molecular flexibility index (Phi) is 5.00. The van der Waals surface area contributed by atoms with E-state index >= 15 is 0 Å². The number of hydrogen-bond donors (Lipinski definition) is 1. The third kappa shape index (κ3) is 4.05. The molecule has 0 aliphatic carbocycles. The molecule has 0 radical (unpaired) electrons. The Morgan fingerprint density at radius 1 is 1.26 bits per heavy atom. The summed E-state index contributed by atoms with van der Waals surface area (Å²) in [5.41, 5.74) is 3.52. The molecule has 1 N–H and O–H groups in total. The van der Waals surface area contributed by atoms with E-state index < -0.39 is 0 Å². The summed E-state index contributed by atoms with van der Waals surface area (Å²) < 4.78 is 0. The highest BCUT2D eigenvalue weighted by Gasteiger charge is 2.18. The maximum atomic E-state index is 10.5. The molecule has 0 amide bonds. The molecular weight excluding hydrogens is 234 g/mol. The highest BCUT2D eigenvalue weighted by molar-refractivity contribution is 5.32. The SMILES string of the molecule is Cc1ccc(C)c(C(O)CN2CCCC(C)CC2)c1. The third-order valence-electron chi connectivity index (χ3n) is 4.33. The summed E-state index contributed by atoms with van der Waals surface area (Å²) in [7, 11) is 0. The second-order valence-electron chi connectivity index (χ2n) is 6.21. The Labute approximate surface area is 117 Å². The average molecular weight is 261 g/mol. The lowest BCUT2D eigenvalue weighted by Gasteiger charge is -2.24. The highest BCUT2D eigenvalue weighted by Crippen LogP contribution is 2.22. The van der Waals surface area contributed by atoms with Crippen LogP contribution in [0.2, 0.25) is 0 Å². The predicted octanol–water partition coefficient (Wildman–Crippen LogP) is 3.46. The number of β-amino-alcohol motifs (C(OH)–C–C–N with tert-alkyl or cyclic N) is 1. The molecule has 0 aromatic heterocycles. The topological polar surface area (TPSA) is 23.5 Å². The molecule has 1 aromatic rings. The molecule has 2 heteroatoms. The number of nitrogens with zero attached hydrogens (tertiary/aromatic N) is 1. The van der Waals surface area contributed by atoms with Crippen molar-refractivity contribution in [3.63, 3.8) is 0 Å². The van der Waals surface area contributed by atoms with E-state index in [0.29, 0.717) is 0 Å². The van der Waals surface area contributed by atoms with Crippen LogP contribution in [0.5, 0.6) is 0 Å². The molecule has 2 nitrogen and oxygen atoms in total. The summed E-state index contributed by atoms with van der Waals surface area (Å²) in [6, 6.07) is 6.35. The van der Waals surface area contributed by atoms with Gasteiger partial charge in [-0.1, -0.05) is 30.7 Å². The number of likely N-dealkylation sites (tertiary alicyclic amines) is 1. The van der Waals surface area contributed by atoms with Crippen molar-refractivity contribution in [3.8, 4) is 0 Å². The number of aliphatic hydroxyl groups is 1. The van der Waals surface area contributed by atoms with E-state index in [0.717, 1.165) is 31.1 Å². The molecule has 2 rings (SSSR count). The van der Waals surface area contributed by atoms with E-state index in [4.69, 9.17) is 0 Å². The zero-order valence-corrected chi connectivity index (χ0v) is 12.5. The third-order valence-corrected chi connectivity index (χ3v) is 4.33. The molecule has 1 heterocycles. The molecule has 0 bridgehead atoms. The Morgan fingerprint density at radius 3 is 2.84 bits per heavy atom. The van der Waals surface area contributed by atoms with Crippen LogP contribution in [-0.4, -0.2) is 29.6 Å². The molecule has 106 valence electrons. The minimum atomic E-state index is -0.353. The van der Waals surface area contributed by atoms with Gasteiger partial charge in [-0.15, -0.1) is 0 Å². The summed E-state index contributed by atoms with van der Waals surface area (Å²) in [5, 5.41) is 10.5. The summed E-state index contributed by atoms with van der Waals surface area (Å²) in [5.74, 6) is 0.836. The van der Waals surface area contributed by atoms with Crippen LogP contribution in [0.1, 0.15) is 49.0 Å². The van der Waals surface area contributed by atoms with Gasteiger partial charge in [0, 0.05) is 6.54 Å². The maximum absolute atomic E-state index is 10.5. The van der Waals surface area contributed by atoms with Gasteiger partial charge in [-0.05, 0) is 63.2 Å². The first-order valence-electron chi connectivity index (χ1n) is 7.54. The molecule has 1 aliphatic rings. The van der Waals surface area contributed by atoms with Gasteiger partial charge >= 0.3 is 0 Å². The highest BCUT2D eigenvalue weighted by atomic mass is 16.3. The van der Waals surface area contributed by atoms with Crippen LogP contribution >= 0.6 is 0 Å². The van der Waals surface area contributed by atoms with Gasteiger partial charge in [-0.3, -0.25) is 0 Å². The molecular formula is C17H27NO. The van der Waals surface area contributed by atoms with Gasteiger partial charge in [-0.25, -0.2) is 0 Å². The van der Waals surface area contributed by atoms with Crippen molar-refractivity contribution in [2.24, 2.45) is 5.92 Å². The van der Waals surface area contributed by atoms with Crippen LogP contribution in [-0.2, 0) is 0 Å². The molecule has 1 aromatic carbocycles. The quantitative estimate of drug-likeness (QED) is 0.900. The van der Waals surface area contributed by atoms with Gasteiger partial charge in [0.05, 0.1) is 6.10 Å². The Balaban J connectivity index is 2.00. The fourth-order valence-electron chi connectivity index (χ4n) is 2.97. The second kappa shape index (κ2) is 6.53. The van der Waals surface area contributed by atoms with Crippen molar-refractivity contribution in [2.75, 3.05) is 19.6 Å². The normalized spacial score (nSPS) is 23.1. The van der Waals surface area contributed by atoms with E-state index in [1.165, 1.54) is 30.4 Å². The maximum Gasteiger partial charge on any atom is 0.0919 e. The molecule has 0 saturated carbocycles. The van der Waals surface area contributed by atoms with Gasteiger partial charge < -0.3 is 10.0 Å². The Morgan fingerprint density at radius 2 is 2.05 bits per heavy atom. The summed E-state index contributed by atoms with van der Waals surface area (Å²) in [6.07, 6.45) is 3.50. The minimum Gasteiger partial charge on any atom is -0.387 e. The Hall–Kier alpha value is -0.860. The number of rotatable bonds is 3. The second-order valence-corrected chi connectivity index (χ2v) is 6.21. The standard InChI is InChI=1S/C17H27NO/c1-13-5-4-9-18(10-8-13)12-17(19)16-11-14(2)6-7-15(16)3/h6-7,11,13,17,19H,4-5,8-10,12H2,1-3H3. The van der Waals surface area contributed by atoms with Crippen molar-refractivity contribution in [3.05, 3.63) is 34.9 Å². The van der Waals surface area contributed by atoms with E-state index in [9.17, 15) is 5.11 Å². The van der Waals surface area contributed by atoms with Crippen molar-refractivity contribution in [1.29, 1.82) is 0 Å². The summed E-state index contributed by atoms with van der Waals surface area (Å²) in [6.45, 7) is 9.54. The van der Waals surface area contributed by atoms with E-state index in [1.807, 2.05) is 0 Å². The van der Waals surface area contributed by atoms with Crippen molar-refractivity contribution in [1.82, 2.24) is 4.90 Å². The molecule has 1 saturated heterocycles. The first-order valence-corrected chi connectivity index (χ1v) is 7.54. The van der Waals surface area contributed by atoms with Crippen LogP contribution in [0, 0.1) is 19.8 Å². The van der Waals surface area contributed by atoms with Crippen LogP contribution in [0.25, 0.3) is 0 Å². The fraction of sp³-hybridized carbons (Fsp3) is 0.647. The van der Waals surface area contributed by atoms with E-state index in [2.05, 4.69) is 43.9 Å². The van der Waals surface area contributed by atoms with Crippen LogP contribution < -0.4 is 0 Å². The molecule has 1 aliphatic heterocycles. The first-order chi connectivity index (χ1) is 9.06. The van der Waals surface area contributed by atoms with E-state index in [-0.39, 0.29) is 6.10 Å². The average Bonchev–Trinajstić information content (AvgIpc) is 2.57. The van der Waals surface area contributed by atoms with Gasteiger partial charge in [0.2, 0.25) is 0 Å². The van der Waals surface area contributed by atoms with Crippen LogP contribution in [0.4, 0.5) is 0 Å². The number of benzene rings is 1. The van der Waals surface area contributed by atoms with Crippen molar-refractivity contribution < 1.29 is 5.11 Å². The molecule has 2 atom stereocenters. The lowest BCUT2D eigenvalue weighted by molar-refractivity contribution is 0.114. The summed E-state index contributed by atoms with van der Waals surface area (Å²) in [4.78, 5) is 2.43. The minimum absolute atomic E-state index is 0.353. The smallest absolute Gasteiger partial charge is 0.0919 e. The fourth-order valence-corrected chi connectivity index (χ4v) is 2.97. The largest absolute Gasteiger partial charge is 0.387 e. The molecule has 1 fully saturated rings. The number of aliphatic hydroxyl groups excluding tert-OH is 1. The van der Waals surface area contributed by atoms with Gasteiger partial charge in [0.25, 0.3) is 0 Å². The van der Waals surface area contributed by atoms with Gasteiger partial charge in [0.15, 0.2) is 0 Å². The molecule has 0 spiro atoms. The van der Waals surface area contributed by atoms with Gasteiger partial charge in [-0.2, -0.15) is 0 Å². The van der Waals surface area contributed by atoms with Crippen LogP contribution in [0.3, 0.4) is 0 Å². The zero-order valence-electron chi connectivity index (χ0n) is 12.5. The molecule has 2 unspecified atom stereocenters. The lowest BCUT2D eigenvalue weighted by Crippen LogP contribution is -2.30. The van der Waals surface area contributed by atoms with Crippen LogP contribution in [0.15, 0.2) is 18.2 Å². The van der Waals surface area contributed by atoms with Crippen molar-refractivity contribution >= 4 is 0 Å². The lowest BCUT2D eigenvalue weighted by atomic mass is 10.0. The summed E-state index contributed by atoms with van der Waals surface area (Å²) >= 11 is 0. The van der Waals surface area contributed by atoms with Gasteiger partial charge in [0.1, 0.15) is 0 Å². The zero-order chi connectivity index (χ0) is 13.8. The van der Waals surface area contributed by atoms with E-state index in [1.54, 1.807) is 0 Å². The number of aryl methyl sites for hydroxylation is 2. The predicted molar refractivity (Wildman–Crippen MR) is 80.3 cm³/mol. The molecule has 19 heavy (non-hydrogen) atoms. The monoisotopic (exact) mass is 261 g/mol. The first kappa shape index (κ1) is 14.5. The van der Waals surface area contributed by atoms with Crippen molar-refractivity contribution in [2.45, 2.75) is 46.1 Å². The Bertz CT molecular complexity index is 416. The number of hydrogen-bond acceptors (Lipinski definition) is 2.